The van der Waals surface area contributed by atoms with Gasteiger partial charge in [-0.3, -0.25) is 0 Å². The molecule has 2 aromatic rings. The van der Waals surface area contributed by atoms with Gasteiger partial charge in [-0.15, -0.1) is 0 Å². The topological polar surface area (TPSA) is 15.3 Å². The molecule has 0 aromatic heterocycles. The predicted molar refractivity (Wildman–Crippen MR) is 106 cm³/mol. The summed E-state index contributed by atoms with van der Waals surface area (Å²) in [5.41, 5.74) is 7.21. The minimum atomic E-state index is 0.772. The van der Waals surface area contributed by atoms with Gasteiger partial charge in [-0.05, 0) is 86.5 Å². The van der Waals surface area contributed by atoms with Crippen LogP contribution >= 0.6 is 0 Å². The zero-order valence-corrected chi connectivity index (χ0v) is 15.4. The Hall–Kier alpha value is -1.64. The Bertz CT molecular complexity index is 705. The fourth-order valence-electron chi connectivity index (χ4n) is 4.31. The van der Waals surface area contributed by atoms with Crippen LogP contribution in [0.2, 0.25) is 0 Å². The van der Waals surface area contributed by atoms with E-state index in [4.69, 9.17) is 0 Å². The van der Waals surface area contributed by atoms with Crippen LogP contribution in [0.4, 0.5) is 0 Å². The summed E-state index contributed by atoms with van der Waals surface area (Å²) in [6, 6.07) is 17.1. The van der Waals surface area contributed by atoms with Crippen LogP contribution in [-0.4, -0.2) is 37.1 Å². The van der Waals surface area contributed by atoms with E-state index in [9.17, 15) is 0 Å². The lowest BCUT2D eigenvalue weighted by Crippen LogP contribution is -2.28. The van der Waals surface area contributed by atoms with Crippen molar-refractivity contribution in [2.24, 2.45) is 0 Å². The number of fused-ring (bicyclic) bond motifs is 1. The summed E-state index contributed by atoms with van der Waals surface area (Å²) in [6.07, 6.45) is 6.21. The van der Waals surface area contributed by atoms with Crippen LogP contribution in [0.5, 0.6) is 0 Å². The molecule has 2 aliphatic rings. The van der Waals surface area contributed by atoms with E-state index in [1.807, 2.05) is 0 Å². The van der Waals surface area contributed by atoms with E-state index in [0.29, 0.717) is 0 Å². The molecule has 0 bridgehead atoms. The third-order valence-corrected chi connectivity index (χ3v) is 6.01. The molecule has 2 aromatic carbocycles. The van der Waals surface area contributed by atoms with Crippen molar-refractivity contribution in [3.63, 3.8) is 0 Å². The molecular formula is C23H30N2. The van der Waals surface area contributed by atoms with Gasteiger partial charge in [0, 0.05) is 12.6 Å². The Morgan fingerprint density at radius 2 is 1.72 bits per heavy atom. The highest BCUT2D eigenvalue weighted by Crippen LogP contribution is 2.25. The van der Waals surface area contributed by atoms with Gasteiger partial charge in [0.05, 0.1) is 0 Å². The summed E-state index contributed by atoms with van der Waals surface area (Å²) in [7, 11) is 0. The summed E-state index contributed by atoms with van der Waals surface area (Å²) in [4.78, 5) is 2.63. The van der Waals surface area contributed by atoms with E-state index in [0.717, 1.165) is 32.0 Å². The van der Waals surface area contributed by atoms with Gasteiger partial charge in [0.1, 0.15) is 0 Å². The van der Waals surface area contributed by atoms with Gasteiger partial charge in [0.15, 0.2) is 0 Å². The first-order valence-electron chi connectivity index (χ1n) is 9.95. The molecule has 2 aliphatic heterocycles. The summed E-state index contributed by atoms with van der Waals surface area (Å²) in [6.45, 7) is 7.06. The maximum atomic E-state index is 3.50. The van der Waals surface area contributed by atoms with E-state index in [1.54, 1.807) is 0 Å². The van der Waals surface area contributed by atoms with Crippen molar-refractivity contribution in [2.75, 3.05) is 26.2 Å². The van der Waals surface area contributed by atoms with Crippen molar-refractivity contribution in [2.45, 2.75) is 45.1 Å². The molecule has 2 nitrogen and oxygen atoms in total. The van der Waals surface area contributed by atoms with Gasteiger partial charge < -0.3 is 10.2 Å². The first-order chi connectivity index (χ1) is 12.3. The third kappa shape index (κ3) is 3.96. The number of nitrogens with one attached hydrogen (secondary N) is 1. The van der Waals surface area contributed by atoms with Gasteiger partial charge >= 0.3 is 0 Å². The van der Waals surface area contributed by atoms with Crippen molar-refractivity contribution in [1.29, 1.82) is 0 Å². The molecule has 4 rings (SSSR count). The average Bonchev–Trinajstić information content (AvgIpc) is 2.91. The van der Waals surface area contributed by atoms with Crippen LogP contribution < -0.4 is 5.32 Å². The molecule has 1 atom stereocenters. The summed E-state index contributed by atoms with van der Waals surface area (Å²) in [5.74, 6) is 0. The number of benzene rings is 2. The van der Waals surface area contributed by atoms with E-state index >= 15 is 0 Å². The summed E-state index contributed by atoms with van der Waals surface area (Å²) >= 11 is 0. The van der Waals surface area contributed by atoms with Gasteiger partial charge in [0.25, 0.3) is 0 Å². The second-order valence-corrected chi connectivity index (χ2v) is 7.71. The highest BCUT2D eigenvalue weighted by atomic mass is 15.2. The third-order valence-electron chi connectivity index (χ3n) is 6.01. The van der Waals surface area contributed by atoms with Crippen molar-refractivity contribution < 1.29 is 0 Å². The Morgan fingerprint density at radius 1 is 0.960 bits per heavy atom. The highest BCUT2D eigenvalue weighted by Gasteiger charge is 2.19. The molecule has 25 heavy (non-hydrogen) atoms. The highest BCUT2D eigenvalue weighted by molar-refractivity contribution is 5.65. The minimum Gasteiger partial charge on any atom is -0.316 e. The van der Waals surface area contributed by atoms with Crippen molar-refractivity contribution in [3.8, 4) is 11.1 Å². The van der Waals surface area contributed by atoms with Crippen molar-refractivity contribution in [3.05, 3.63) is 59.2 Å². The van der Waals surface area contributed by atoms with Gasteiger partial charge in [0.2, 0.25) is 0 Å². The van der Waals surface area contributed by atoms with Crippen LogP contribution in [0.1, 0.15) is 36.5 Å². The van der Waals surface area contributed by atoms with Crippen LogP contribution in [0.25, 0.3) is 11.1 Å². The number of likely N-dealkylation sites (tertiary alicyclic amines) is 1. The maximum Gasteiger partial charge on any atom is 0.00675 e. The standard InChI is InChI=1S/C23H30N2/c1-18-3-2-15-25(18)16-12-19-4-6-20(7-5-19)22-9-8-21-10-13-24-14-11-23(21)17-22/h4-9,17-18,24H,2-3,10-16H2,1H3. The average molecular weight is 335 g/mol. The van der Waals surface area contributed by atoms with Crippen molar-refractivity contribution in [1.82, 2.24) is 10.2 Å². The lowest BCUT2D eigenvalue weighted by Gasteiger charge is -2.20. The monoisotopic (exact) mass is 334 g/mol. The second kappa shape index (κ2) is 7.72. The van der Waals surface area contributed by atoms with Gasteiger partial charge in [-0.25, -0.2) is 0 Å². The van der Waals surface area contributed by atoms with Gasteiger partial charge in [-0.1, -0.05) is 42.5 Å². The molecule has 1 saturated heterocycles. The fourth-order valence-corrected chi connectivity index (χ4v) is 4.31. The molecule has 0 radical (unpaired) electrons. The molecule has 0 saturated carbocycles. The normalized spacial score (nSPS) is 21.1. The van der Waals surface area contributed by atoms with E-state index < -0.39 is 0 Å². The Morgan fingerprint density at radius 3 is 2.48 bits per heavy atom. The maximum absolute atomic E-state index is 3.50. The lowest BCUT2D eigenvalue weighted by molar-refractivity contribution is 0.272. The first-order valence-corrected chi connectivity index (χ1v) is 9.95. The number of nitrogens with zero attached hydrogens (tertiary/aromatic N) is 1. The Kier molecular flexibility index (Phi) is 5.19. The molecule has 0 aliphatic carbocycles. The fraction of sp³-hybridized carbons (Fsp3) is 0.478. The van der Waals surface area contributed by atoms with E-state index in [2.05, 4.69) is 59.6 Å². The Balaban J connectivity index is 1.44. The zero-order chi connectivity index (χ0) is 17.1. The van der Waals surface area contributed by atoms with Crippen LogP contribution in [-0.2, 0) is 19.3 Å². The van der Waals surface area contributed by atoms with Crippen LogP contribution in [0.15, 0.2) is 42.5 Å². The largest absolute Gasteiger partial charge is 0.316 e. The second-order valence-electron chi connectivity index (χ2n) is 7.71. The number of hydrogen-bond acceptors (Lipinski definition) is 2. The molecule has 0 spiro atoms. The van der Waals surface area contributed by atoms with Crippen molar-refractivity contribution >= 4 is 0 Å². The smallest absolute Gasteiger partial charge is 0.00675 e. The minimum absolute atomic E-state index is 0.772. The molecule has 1 N–H and O–H groups in total. The first kappa shape index (κ1) is 16.8. The lowest BCUT2D eigenvalue weighted by atomic mass is 9.96. The molecule has 2 heteroatoms. The van der Waals surface area contributed by atoms with E-state index in [1.165, 1.54) is 60.2 Å². The SMILES string of the molecule is CC1CCCN1CCc1ccc(-c2ccc3c(c2)CCNCC3)cc1. The van der Waals surface area contributed by atoms with Crippen LogP contribution in [0.3, 0.4) is 0 Å². The molecule has 1 unspecified atom stereocenters. The molecule has 2 heterocycles. The number of rotatable bonds is 4. The Labute approximate surface area is 152 Å². The van der Waals surface area contributed by atoms with Gasteiger partial charge in [-0.2, -0.15) is 0 Å². The summed E-state index contributed by atoms with van der Waals surface area (Å²) < 4.78 is 0. The number of hydrogen-bond donors (Lipinski definition) is 1. The molecule has 132 valence electrons. The van der Waals surface area contributed by atoms with Crippen LogP contribution in [0, 0.1) is 0 Å². The molecule has 1 fully saturated rings. The zero-order valence-electron chi connectivity index (χ0n) is 15.4. The quantitative estimate of drug-likeness (QED) is 0.907. The molecular weight excluding hydrogens is 304 g/mol. The van der Waals surface area contributed by atoms with E-state index in [-0.39, 0.29) is 0 Å². The molecule has 0 amide bonds. The predicted octanol–water partition coefficient (Wildman–Crippen LogP) is 4.07. The summed E-state index contributed by atoms with van der Waals surface area (Å²) in [5, 5.41) is 3.50.